The average Bonchev–Trinajstić information content (AvgIpc) is 2.01. The lowest BCUT2D eigenvalue weighted by Crippen LogP contribution is -2.20. The van der Waals surface area contributed by atoms with Gasteiger partial charge in [0.15, 0.2) is 0 Å². The van der Waals surface area contributed by atoms with Crippen molar-refractivity contribution in [2.24, 2.45) is 5.41 Å². The fraction of sp³-hybridized carbons (Fsp3) is 0.556. The molecule has 0 aliphatic heterocycles. The van der Waals surface area contributed by atoms with Gasteiger partial charge < -0.3 is 5.32 Å². The normalized spacial score (nSPS) is 11.4. The molecule has 0 radical (unpaired) electrons. The molecule has 72 valence electrons. The zero-order chi connectivity index (χ0) is 9.90. The van der Waals surface area contributed by atoms with Gasteiger partial charge in [-0.2, -0.15) is 0 Å². The van der Waals surface area contributed by atoms with Crippen molar-refractivity contribution in [3.05, 3.63) is 16.1 Å². The maximum absolute atomic E-state index is 4.15. The van der Waals surface area contributed by atoms with Crippen molar-refractivity contribution in [1.82, 2.24) is 9.97 Å². The van der Waals surface area contributed by atoms with E-state index in [2.05, 4.69) is 58.6 Å². The third-order valence-corrected chi connectivity index (χ3v) is 2.24. The van der Waals surface area contributed by atoms with Crippen molar-refractivity contribution in [3.63, 3.8) is 0 Å². The number of aromatic nitrogens is 2. The van der Waals surface area contributed by atoms with E-state index < -0.39 is 0 Å². The molecule has 0 amide bonds. The number of nitrogens with zero attached hydrogens (tertiary/aromatic N) is 2. The summed E-state index contributed by atoms with van der Waals surface area (Å²) in [6.07, 6.45) is 3.37. The van der Waals surface area contributed by atoms with Crippen molar-refractivity contribution in [2.45, 2.75) is 20.8 Å². The minimum atomic E-state index is 0.272. The zero-order valence-electron chi connectivity index (χ0n) is 8.13. The lowest BCUT2D eigenvalue weighted by molar-refractivity contribution is 0.442. The molecule has 0 aliphatic rings. The van der Waals surface area contributed by atoms with E-state index in [1.54, 1.807) is 12.5 Å². The SMILES string of the molecule is CC(C)(C)CNc1ncncc1I. The first kappa shape index (κ1) is 10.7. The molecule has 4 heteroatoms. The van der Waals surface area contributed by atoms with Gasteiger partial charge in [0.2, 0.25) is 0 Å². The van der Waals surface area contributed by atoms with Gasteiger partial charge in [-0.15, -0.1) is 0 Å². The van der Waals surface area contributed by atoms with E-state index in [0.29, 0.717) is 0 Å². The predicted molar refractivity (Wildman–Crippen MR) is 62.7 cm³/mol. The topological polar surface area (TPSA) is 37.8 Å². The molecule has 13 heavy (non-hydrogen) atoms. The van der Waals surface area contributed by atoms with Crippen LogP contribution in [0.15, 0.2) is 12.5 Å². The second kappa shape index (κ2) is 4.21. The average molecular weight is 291 g/mol. The van der Waals surface area contributed by atoms with Crippen LogP contribution in [-0.2, 0) is 0 Å². The number of halogens is 1. The van der Waals surface area contributed by atoms with Crippen molar-refractivity contribution in [2.75, 3.05) is 11.9 Å². The Balaban J connectivity index is 2.60. The molecular weight excluding hydrogens is 277 g/mol. The van der Waals surface area contributed by atoms with Gasteiger partial charge in [0.05, 0.1) is 3.57 Å². The molecule has 3 nitrogen and oxygen atoms in total. The van der Waals surface area contributed by atoms with Gasteiger partial charge in [0.1, 0.15) is 12.1 Å². The highest BCUT2D eigenvalue weighted by Gasteiger charge is 2.10. The first-order valence-electron chi connectivity index (χ1n) is 4.18. The van der Waals surface area contributed by atoms with E-state index in [1.165, 1.54) is 0 Å². The highest BCUT2D eigenvalue weighted by atomic mass is 127. The summed E-state index contributed by atoms with van der Waals surface area (Å²) in [6, 6.07) is 0. The van der Waals surface area contributed by atoms with Crippen molar-refractivity contribution < 1.29 is 0 Å². The Morgan fingerprint density at radius 1 is 1.46 bits per heavy atom. The standard InChI is InChI=1S/C9H14IN3/c1-9(2,3)5-12-8-7(10)4-11-6-13-8/h4,6H,5H2,1-3H3,(H,11,12,13). The van der Waals surface area contributed by atoms with Crippen LogP contribution in [0.1, 0.15) is 20.8 Å². The molecule has 0 bridgehead atoms. The summed E-state index contributed by atoms with van der Waals surface area (Å²) in [5, 5.41) is 3.29. The quantitative estimate of drug-likeness (QED) is 0.851. The molecule has 0 spiro atoms. The second-order valence-corrected chi connectivity index (χ2v) is 5.30. The van der Waals surface area contributed by atoms with Crippen molar-refractivity contribution in [1.29, 1.82) is 0 Å². The summed E-state index contributed by atoms with van der Waals surface area (Å²) < 4.78 is 1.06. The molecule has 1 aromatic heterocycles. The molecule has 1 rings (SSSR count). The predicted octanol–water partition coefficient (Wildman–Crippen LogP) is 2.54. The smallest absolute Gasteiger partial charge is 0.142 e. The molecule has 0 aromatic carbocycles. The van der Waals surface area contributed by atoms with E-state index >= 15 is 0 Å². The Bertz CT molecular complexity index is 280. The maximum Gasteiger partial charge on any atom is 0.142 e. The van der Waals surface area contributed by atoms with Gasteiger partial charge in [-0.25, -0.2) is 9.97 Å². The molecule has 0 aliphatic carbocycles. The summed E-state index contributed by atoms with van der Waals surface area (Å²) in [5.41, 5.74) is 0.272. The van der Waals surface area contributed by atoms with Crippen LogP contribution in [0.2, 0.25) is 0 Å². The van der Waals surface area contributed by atoms with Crippen LogP contribution < -0.4 is 5.32 Å². The van der Waals surface area contributed by atoms with Crippen LogP contribution >= 0.6 is 22.6 Å². The molecular formula is C9H14IN3. The Morgan fingerprint density at radius 2 is 2.15 bits per heavy atom. The van der Waals surface area contributed by atoms with Crippen molar-refractivity contribution in [3.8, 4) is 0 Å². The van der Waals surface area contributed by atoms with E-state index in [-0.39, 0.29) is 5.41 Å². The highest BCUT2D eigenvalue weighted by Crippen LogP contribution is 2.17. The minimum Gasteiger partial charge on any atom is -0.369 e. The van der Waals surface area contributed by atoms with Gasteiger partial charge in [0, 0.05) is 12.7 Å². The summed E-state index contributed by atoms with van der Waals surface area (Å²) in [6.45, 7) is 7.48. The molecule has 1 aromatic rings. The first-order chi connectivity index (χ1) is 5.99. The monoisotopic (exact) mass is 291 g/mol. The second-order valence-electron chi connectivity index (χ2n) is 4.13. The summed E-state index contributed by atoms with van der Waals surface area (Å²) in [7, 11) is 0. The summed E-state index contributed by atoms with van der Waals surface area (Å²) >= 11 is 2.22. The maximum atomic E-state index is 4.15. The minimum absolute atomic E-state index is 0.272. The van der Waals surface area contributed by atoms with E-state index in [1.807, 2.05) is 0 Å². The summed E-state index contributed by atoms with van der Waals surface area (Å²) in [5.74, 6) is 0.922. The number of nitrogens with one attached hydrogen (secondary N) is 1. The fourth-order valence-electron chi connectivity index (χ4n) is 0.792. The molecule has 1 heterocycles. The van der Waals surface area contributed by atoms with E-state index in [4.69, 9.17) is 0 Å². The summed E-state index contributed by atoms with van der Waals surface area (Å²) in [4.78, 5) is 8.08. The Labute approximate surface area is 92.5 Å². The van der Waals surface area contributed by atoms with Crippen molar-refractivity contribution >= 4 is 28.4 Å². The van der Waals surface area contributed by atoms with Crippen LogP contribution in [0.3, 0.4) is 0 Å². The van der Waals surface area contributed by atoms with Gasteiger partial charge in [-0.1, -0.05) is 20.8 Å². The molecule has 1 N–H and O–H groups in total. The molecule has 0 saturated carbocycles. The van der Waals surface area contributed by atoms with Crippen LogP contribution in [-0.4, -0.2) is 16.5 Å². The van der Waals surface area contributed by atoms with Crippen LogP contribution in [0.5, 0.6) is 0 Å². The number of hydrogen-bond donors (Lipinski definition) is 1. The largest absolute Gasteiger partial charge is 0.369 e. The van der Waals surface area contributed by atoms with Gasteiger partial charge in [-0.05, 0) is 28.0 Å². The molecule has 0 atom stereocenters. The van der Waals surface area contributed by atoms with Crippen LogP contribution in [0.25, 0.3) is 0 Å². The molecule has 0 unspecified atom stereocenters. The van der Waals surface area contributed by atoms with Gasteiger partial charge in [0.25, 0.3) is 0 Å². The van der Waals surface area contributed by atoms with E-state index in [0.717, 1.165) is 15.9 Å². The Morgan fingerprint density at radius 3 is 2.69 bits per heavy atom. The number of anilines is 1. The third kappa shape index (κ3) is 3.89. The Hall–Kier alpha value is -0.390. The van der Waals surface area contributed by atoms with E-state index in [9.17, 15) is 0 Å². The van der Waals surface area contributed by atoms with Gasteiger partial charge >= 0.3 is 0 Å². The lowest BCUT2D eigenvalue weighted by atomic mass is 9.97. The third-order valence-electron chi connectivity index (χ3n) is 1.45. The van der Waals surface area contributed by atoms with Crippen LogP contribution in [0.4, 0.5) is 5.82 Å². The molecule has 0 fully saturated rings. The highest BCUT2D eigenvalue weighted by molar-refractivity contribution is 14.1. The number of hydrogen-bond acceptors (Lipinski definition) is 3. The molecule has 0 saturated heterocycles. The Kier molecular flexibility index (Phi) is 3.47. The van der Waals surface area contributed by atoms with Gasteiger partial charge in [-0.3, -0.25) is 0 Å². The fourth-order valence-corrected chi connectivity index (χ4v) is 1.28. The number of rotatable bonds is 2. The lowest BCUT2D eigenvalue weighted by Gasteiger charge is -2.19. The first-order valence-corrected chi connectivity index (χ1v) is 5.26. The zero-order valence-corrected chi connectivity index (χ0v) is 10.3. The van der Waals surface area contributed by atoms with Crippen LogP contribution in [0, 0.1) is 8.99 Å².